The van der Waals surface area contributed by atoms with E-state index in [0.717, 1.165) is 5.56 Å². The molecule has 7 nitrogen and oxygen atoms in total. The van der Waals surface area contributed by atoms with E-state index in [4.69, 9.17) is 32.7 Å². The highest BCUT2D eigenvalue weighted by atomic mass is 35.5. The van der Waals surface area contributed by atoms with Crippen LogP contribution in [0.15, 0.2) is 59.7 Å². The number of ether oxygens (including phenoxy) is 2. The molecule has 2 aliphatic rings. The van der Waals surface area contributed by atoms with Gasteiger partial charge in [-0.2, -0.15) is 0 Å². The molecule has 9 heteroatoms. The quantitative estimate of drug-likeness (QED) is 0.576. The molecule has 1 aromatic heterocycles. The summed E-state index contributed by atoms with van der Waals surface area (Å²) in [5.74, 6) is 1.40. The Labute approximate surface area is 180 Å². The molecule has 0 bridgehead atoms. The SMILES string of the molecule is O=CN1c2ncn(-c3ccc(Cl)cc3)c(=O)c2C(Cl)=CC1c1ccc2c(c1)OCO2. The summed E-state index contributed by atoms with van der Waals surface area (Å²) in [4.78, 5) is 30.9. The van der Waals surface area contributed by atoms with E-state index in [2.05, 4.69) is 4.98 Å². The lowest BCUT2D eigenvalue weighted by molar-refractivity contribution is -0.107. The molecule has 1 unspecified atom stereocenters. The Morgan fingerprint density at radius 3 is 2.60 bits per heavy atom. The number of aromatic nitrogens is 2. The van der Waals surface area contributed by atoms with Crippen molar-refractivity contribution in [1.29, 1.82) is 0 Å². The molecule has 150 valence electrons. The van der Waals surface area contributed by atoms with Crippen LogP contribution in [0, 0.1) is 0 Å². The van der Waals surface area contributed by atoms with E-state index in [9.17, 15) is 9.59 Å². The van der Waals surface area contributed by atoms with Crippen LogP contribution in [0.4, 0.5) is 5.82 Å². The lowest BCUT2D eigenvalue weighted by Gasteiger charge is -2.31. The van der Waals surface area contributed by atoms with Crippen LogP contribution < -0.4 is 19.9 Å². The minimum atomic E-state index is -0.546. The first-order chi connectivity index (χ1) is 14.6. The van der Waals surface area contributed by atoms with Crippen molar-refractivity contribution in [2.45, 2.75) is 6.04 Å². The van der Waals surface area contributed by atoms with Crippen LogP contribution in [0.5, 0.6) is 11.5 Å². The molecule has 5 rings (SSSR count). The zero-order valence-corrected chi connectivity index (χ0v) is 16.8. The molecular formula is C21H13Cl2N3O4. The van der Waals surface area contributed by atoms with E-state index in [1.54, 1.807) is 42.5 Å². The first-order valence-corrected chi connectivity index (χ1v) is 9.71. The van der Waals surface area contributed by atoms with Gasteiger partial charge in [-0.15, -0.1) is 0 Å². The van der Waals surface area contributed by atoms with Crippen molar-refractivity contribution in [3.63, 3.8) is 0 Å². The van der Waals surface area contributed by atoms with Gasteiger partial charge in [-0.3, -0.25) is 19.1 Å². The van der Waals surface area contributed by atoms with Crippen molar-refractivity contribution in [3.05, 3.63) is 81.4 Å². The largest absolute Gasteiger partial charge is 0.454 e. The van der Waals surface area contributed by atoms with Gasteiger partial charge >= 0.3 is 0 Å². The molecule has 1 atom stereocenters. The van der Waals surface area contributed by atoms with Gasteiger partial charge in [0.05, 0.1) is 16.8 Å². The minimum Gasteiger partial charge on any atom is -0.454 e. The van der Waals surface area contributed by atoms with E-state index < -0.39 is 6.04 Å². The molecule has 1 amide bonds. The summed E-state index contributed by atoms with van der Waals surface area (Å²) in [7, 11) is 0. The number of carbonyl (C=O) groups is 1. The first kappa shape index (κ1) is 18.7. The molecule has 2 aromatic carbocycles. The third-order valence-electron chi connectivity index (χ3n) is 5.00. The molecule has 3 aromatic rings. The molecule has 0 spiro atoms. The van der Waals surface area contributed by atoms with Crippen LogP contribution in [-0.4, -0.2) is 22.8 Å². The van der Waals surface area contributed by atoms with Gasteiger partial charge < -0.3 is 9.47 Å². The number of rotatable bonds is 3. The standard InChI is InChI=1S/C21H13Cl2N3O4/c22-13-2-4-14(5-3-13)25-9-24-20-19(21(25)28)15(23)8-16(26(20)10-27)12-1-6-17-18(7-12)30-11-29-17/h1-10,16H,11H2. The van der Waals surface area contributed by atoms with Crippen molar-refractivity contribution in [1.82, 2.24) is 9.55 Å². The monoisotopic (exact) mass is 441 g/mol. The molecule has 0 aliphatic carbocycles. The fraction of sp³-hybridized carbons (Fsp3) is 0.0952. The zero-order chi connectivity index (χ0) is 20.8. The number of carbonyl (C=O) groups excluding carboxylic acids is 1. The molecule has 0 saturated heterocycles. The summed E-state index contributed by atoms with van der Waals surface area (Å²) in [6, 6.07) is 11.6. The van der Waals surface area contributed by atoms with Crippen LogP contribution in [0.3, 0.4) is 0 Å². The second-order valence-electron chi connectivity index (χ2n) is 6.68. The van der Waals surface area contributed by atoms with Gasteiger partial charge in [-0.1, -0.05) is 29.3 Å². The molecule has 3 heterocycles. The Bertz CT molecular complexity index is 1250. The highest BCUT2D eigenvalue weighted by molar-refractivity contribution is 6.49. The van der Waals surface area contributed by atoms with Crippen molar-refractivity contribution in [2.75, 3.05) is 11.7 Å². The van der Waals surface area contributed by atoms with Gasteiger partial charge in [-0.25, -0.2) is 4.98 Å². The van der Waals surface area contributed by atoms with Crippen molar-refractivity contribution < 1.29 is 14.3 Å². The average Bonchev–Trinajstić information content (AvgIpc) is 3.22. The zero-order valence-electron chi connectivity index (χ0n) is 15.3. The van der Waals surface area contributed by atoms with Crippen LogP contribution in [0.2, 0.25) is 5.02 Å². The summed E-state index contributed by atoms with van der Waals surface area (Å²) >= 11 is 12.4. The second kappa shape index (κ2) is 7.19. The fourth-order valence-corrected chi connectivity index (χ4v) is 3.95. The van der Waals surface area contributed by atoms with Crippen LogP contribution in [0.1, 0.15) is 17.2 Å². The lowest BCUT2D eigenvalue weighted by Crippen LogP contribution is -2.35. The summed E-state index contributed by atoms with van der Waals surface area (Å²) in [5.41, 5.74) is 1.09. The Hall–Kier alpha value is -3.29. The van der Waals surface area contributed by atoms with E-state index in [1.807, 2.05) is 6.07 Å². The van der Waals surface area contributed by atoms with Crippen molar-refractivity contribution >= 4 is 40.5 Å². The number of hydrogen-bond acceptors (Lipinski definition) is 5. The number of fused-ring (bicyclic) bond motifs is 2. The first-order valence-electron chi connectivity index (χ1n) is 8.95. The predicted octanol–water partition coefficient (Wildman–Crippen LogP) is 3.91. The summed E-state index contributed by atoms with van der Waals surface area (Å²) in [5, 5.41) is 0.765. The average molecular weight is 442 g/mol. The lowest BCUT2D eigenvalue weighted by atomic mass is 10.00. The van der Waals surface area contributed by atoms with Gasteiger partial charge in [0.1, 0.15) is 11.9 Å². The number of hydrogen-bond donors (Lipinski definition) is 0. The van der Waals surface area contributed by atoms with E-state index in [-0.39, 0.29) is 28.8 Å². The molecule has 0 N–H and O–H groups in total. The Kier molecular flexibility index (Phi) is 4.49. The molecule has 0 saturated carbocycles. The highest BCUT2D eigenvalue weighted by Gasteiger charge is 2.32. The fourth-order valence-electron chi connectivity index (χ4n) is 3.54. The van der Waals surface area contributed by atoms with Gasteiger partial charge in [0.15, 0.2) is 17.3 Å². The number of nitrogens with zero attached hydrogens (tertiary/aromatic N) is 3. The topological polar surface area (TPSA) is 73.7 Å². The van der Waals surface area contributed by atoms with Crippen molar-refractivity contribution in [3.8, 4) is 17.2 Å². The van der Waals surface area contributed by atoms with E-state index >= 15 is 0 Å². The summed E-state index contributed by atoms with van der Waals surface area (Å²) in [6.07, 6.45) is 3.64. The summed E-state index contributed by atoms with van der Waals surface area (Å²) in [6.45, 7) is 0.145. The molecule has 2 aliphatic heterocycles. The van der Waals surface area contributed by atoms with Gasteiger partial charge in [0, 0.05) is 5.02 Å². The summed E-state index contributed by atoms with van der Waals surface area (Å²) < 4.78 is 12.1. The maximum Gasteiger partial charge on any atom is 0.268 e. The van der Waals surface area contributed by atoms with E-state index in [1.165, 1.54) is 15.8 Å². The maximum atomic E-state index is 13.2. The van der Waals surface area contributed by atoms with Gasteiger partial charge in [-0.05, 0) is 48.0 Å². The van der Waals surface area contributed by atoms with Gasteiger partial charge in [0.2, 0.25) is 13.2 Å². The highest BCUT2D eigenvalue weighted by Crippen LogP contribution is 2.41. The van der Waals surface area contributed by atoms with Crippen LogP contribution in [-0.2, 0) is 4.79 Å². The van der Waals surface area contributed by atoms with Gasteiger partial charge in [0.25, 0.3) is 5.56 Å². The minimum absolute atomic E-state index is 0.145. The molecular weight excluding hydrogens is 429 g/mol. The van der Waals surface area contributed by atoms with Crippen LogP contribution >= 0.6 is 23.2 Å². The number of anilines is 1. The second-order valence-corrected chi connectivity index (χ2v) is 7.52. The molecule has 0 fully saturated rings. The number of amides is 1. The number of benzene rings is 2. The number of halogens is 2. The normalized spacial score (nSPS) is 16.8. The third kappa shape index (κ3) is 2.94. The van der Waals surface area contributed by atoms with Crippen LogP contribution in [0.25, 0.3) is 10.7 Å². The maximum absolute atomic E-state index is 13.2. The molecule has 0 radical (unpaired) electrons. The van der Waals surface area contributed by atoms with Crippen molar-refractivity contribution in [2.24, 2.45) is 0 Å². The Morgan fingerprint density at radius 2 is 1.83 bits per heavy atom. The smallest absolute Gasteiger partial charge is 0.268 e. The Balaban J connectivity index is 1.62. The van der Waals surface area contributed by atoms with E-state index in [0.29, 0.717) is 28.6 Å². The molecule has 30 heavy (non-hydrogen) atoms. The third-order valence-corrected chi connectivity index (χ3v) is 5.56. The predicted molar refractivity (Wildman–Crippen MR) is 113 cm³/mol. The Morgan fingerprint density at radius 1 is 1.07 bits per heavy atom.